The third-order valence-corrected chi connectivity index (χ3v) is 7.85. The van der Waals surface area contributed by atoms with Crippen LogP contribution in [0.3, 0.4) is 0 Å². The van der Waals surface area contributed by atoms with Crippen LogP contribution in [0.2, 0.25) is 5.02 Å². The Balaban J connectivity index is 1.46. The zero-order valence-corrected chi connectivity index (χ0v) is 20.9. The predicted octanol–water partition coefficient (Wildman–Crippen LogP) is 4.72. The first-order valence-corrected chi connectivity index (χ1v) is 13.0. The van der Waals surface area contributed by atoms with E-state index < -0.39 is 10.0 Å². The molecule has 0 aromatic heterocycles. The molecule has 0 unspecified atom stereocenters. The molecule has 178 valence electrons. The van der Waals surface area contributed by atoms with Gasteiger partial charge in [0.1, 0.15) is 4.90 Å². The van der Waals surface area contributed by atoms with Crippen molar-refractivity contribution in [2.24, 2.45) is 0 Å². The molecule has 6 nitrogen and oxygen atoms in total. The molecule has 3 aromatic carbocycles. The third-order valence-electron chi connectivity index (χ3n) is 6.00. The second-order valence-corrected chi connectivity index (χ2v) is 10.7. The lowest BCUT2D eigenvalue weighted by atomic mass is 10.1. The molecule has 0 spiro atoms. The molecule has 8 heteroatoms. The van der Waals surface area contributed by atoms with Gasteiger partial charge in [0, 0.05) is 38.3 Å². The van der Waals surface area contributed by atoms with Crippen LogP contribution in [0.25, 0.3) is 0 Å². The number of sulfonamides is 1. The fraction of sp³-hybridized carbons (Fsp3) is 0.269. The number of carbonyl (C=O) groups excluding carboxylic acids is 1. The average molecular weight is 498 g/mol. The third kappa shape index (κ3) is 5.60. The number of hydrogen-bond donors (Lipinski definition) is 1. The number of piperazine rings is 1. The van der Waals surface area contributed by atoms with Crippen molar-refractivity contribution in [2.45, 2.75) is 25.3 Å². The van der Waals surface area contributed by atoms with E-state index in [0.29, 0.717) is 24.3 Å². The molecule has 0 aliphatic carbocycles. The second-order valence-electron chi connectivity index (χ2n) is 8.62. The standard InChI is InChI=1S/C26H28ClN3O3S/c1-19-8-11-24(20(2)16-19)28-34(32,33)25-17-22(9-10-23(25)27)26(31)30-14-12-29(13-15-30)18-21-6-4-3-5-7-21/h3-11,16-17,28H,12-15,18H2,1-2H3. The molecule has 1 heterocycles. The van der Waals surface area contributed by atoms with E-state index in [1.165, 1.54) is 17.7 Å². The Hall–Kier alpha value is -2.87. The lowest BCUT2D eigenvalue weighted by Crippen LogP contribution is -2.48. The smallest absolute Gasteiger partial charge is 0.263 e. The highest BCUT2D eigenvalue weighted by Crippen LogP contribution is 2.27. The normalized spacial score (nSPS) is 14.7. The number of amides is 1. The summed E-state index contributed by atoms with van der Waals surface area (Å²) < 4.78 is 28.8. The number of hydrogen-bond acceptors (Lipinski definition) is 4. The summed E-state index contributed by atoms with van der Waals surface area (Å²) in [7, 11) is -3.97. The molecular weight excluding hydrogens is 470 g/mol. The van der Waals surface area contributed by atoms with Gasteiger partial charge in [0.2, 0.25) is 0 Å². The van der Waals surface area contributed by atoms with Gasteiger partial charge in [0.15, 0.2) is 0 Å². The van der Waals surface area contributed by atoms with Gasteiger partial charge in [-0.25, -0.2) is 8.42 Å². The minimum Gasteiger partial charge on any atom is -0.336 e. The van der Waals surface area contributed by atoms with E-state index in [-0.39, 0.29) is 15.8 Å². The topological polar surface area (TPSA) is 69.7 Å². The Kier molecular flexibility index (Phi) is 7.26. The van der Waals surface area contributed by atoms with E-state index in [1.807, 2.05) is 44.2 Å². The largest absolute Gasteiger partial charge is 0.336 e. The van der Waals surface area contributed by atoms with Crippen LogP contribution in [0.4, 0.5) is 5.69 Å². The number of nitrogens with zero attached hydrogens (tertiary/aromatic N) is 2. The quantitative estimate of drug-likeness (QED) is 0.535. The van der Waals surface area contributed by atoms with E-state index in [1.54, 1.807) is 17.0 Å². The number of benzene rings is 3. The van der Waals surface area contributed by atoms with Crippen LogP contribution in [0, 0.1) is 13.8 Å². The molecule has 3 aromatic rings. The van der Waals surface area contributed by atoms with E-state index >= 15 is 0 Å². The molecule has 1 aliphatic rings. The number of halogens is 1. The Labute approximate surface area is 206 Å². The maximum atomic E-state index is 13.2. The maximum absolute atomic E-state index is 13.2. The summed E-state index contributed by atoms with van der Waals surface area (Å²) in [6.45, 7) is 7.30. The van der Waals surface area contributed by atoms with Crippen LogP contribution in [0.5, 0.6) is 0 Å². The van der Waals surface area contributed by atoms with E-state index in [9.17, 15) is 13.2 Å². The molecule has 4 rings (SSSR count). The molecule has 1 saturated heterocycles. The fourth-order valence-electron chi connectivity index (χ4n) is 4.10. The monoisotopic (exact) mass is 497 g/mol. The van der Waals surface area contributed by atoms with Gasteiger partial charge in [-0.2, -0.15) is 0 Å². The van der Waals surface area contributed by atoms with Gasteiger partial charge in [-0.3, -0.25) is 14.4 Å². The van der Waals surface area contributed by atoms with E-state index in [0.717, 1.165) is 30.8 Å². The molecule has 1 fully saturated rings. The van der Waals surface area contributed by atoms with Crippen LogP contribution in [-0.4, -0.2) is 50.3 Å². The first-order chi connectivity index (χ1) is 16.2. The van der Waals surface area contributed by atoms with Gasteiger partial charge in [-0.15, -0.1) is 0 Å². The molecule has 34 heavy (non-hydrogen) atoms. The summed E-state index contributed by atoms with van der Waals surface area (Å²) in [5, 5.41) is 0.0708. The highest BCUT2D eigenvalue weighted by molar-refractivity contribution is 7.92. The molecule has 0 atom stereocenters. The van der Waals surface area contributed by atoms with Gasteiger partial charge in [-0.1, -0.05) is 59.6 Å². The van der Waals surface area contributed by atoms with Crippen LogP contribution in [0.1, 0.15) is 27.0 Å². The molecule has 1 aliphatic heterocycles. The number of carbonyl (C=O) groups is 1. The van der Waals surface area contributed by atoms with Crippen LogP contribution >= 0.6 is 11.6 Å². The Bertz CT molecular complexity index is 1290. The number of anilines is 1. The second kappa shape index (κ2) is 10.2. The Morgan fingerprint density at radius 2 is 1.65 bits per heavy atom. The van der Waals surface area contributed by atoms with Gasteiger partial charge in [0.05, 0.1) is 10.7 Å². The molecule has 0 saturated carbocycles. The molecule has 1 N–H and O–H groups in total. The molecular formula is C26H28ClN3O3S. The van der Waals surface area contributed by atoms with Crippen molar-refractivity contribution in [3.8, 4) is 0 Å². The summed E-state index contributed by atoms with van der Waals surface area (Å²) in [5.41, 5.74) is 3.87. The lowest BCUT2D eigenvalue weighted by Gasteiger charge is -2.34. The van der Waals surface area contributed by atoms with Gasteiger partial charge in [0.25, 0.3) is 15.9 Å². The zero-order valence-electron chi connectivity index (χ0n) is 19.3. The summed E-state index contributed by atoms with van der Waals surface area (Å²) in [6.07, 6.45) is 0. The minimum absolute atomic E-state index is 0.0708. The van der Waals surface area contributed by atoms with Crippen LogP contribution < -0.4 is 4.72 Å². The SMILES string of the molecule is Cc1ccc(NS(=O)(=O)c2cc(C(=O)N3CCN(Cc4ccccc4)CC3)ccc2Cl)c(C)c1. The van der Waals surface area contributed by atoms with Gasteiger partial charge in [-0.05, 0) is 49.2 Å². The predicted molar refractivity (Wildman–Crippen MR) is 136 cm³/mol. The summed E-state index contributed by atoms with van der Waals surface area (Å²) in [6, 6.07) is 20.1. The van der Waals surface area contributed by atoms with Crippen molar-refractivity contribution < 1.29 is 13.2 Å². The summed E-state index contributed by atoms with van der Waals surface area (Å²) >= 11 is 6.25. The number of rotatable bonds is 6. The van der Waals surface area contributed by atoms with Gasteiger partial charge < -0.3 is 4.90 Å². The van der Waals surface area contributed by atoms with Crippen molar-refractivity contribution >= 4 is 33.2 Å². The minimum atomic E-state index is -3.97. The van der Waals surface area contributed by atoms with Crippen molar-refractivity contribution in [2.75, 3.05) is 30.9 Å². The molecule has 0 radical (unpaired) electrons. The first kappa shape index (κ1) is 24.3. The summed E-state index contributed by atoms with van der Waals surface area (Å²) in [4.78, 5) is 17.1. The molecule has 1 amide bonds. The molecule has 0 bridgehead atoms. The van der Waals surface area contributed by atoms with Crippen LogP contribution in [0.15, 0.2) is 71.6 Å². The Morgan fingerprint density at radius 3 is 2.32 bits per heavy atom. The van der Waals surface area contributed by atoms with E-state index in [2.05, 4.69) is 21.8 Å². The van der Waals surface area contributed by atoms with Crippen molar-refractivity contribution in [3.63, 3.8) is 0 Å². The fourth-order valence-corrected chi connectivity index (χ4v) is 5.76. The van der Waals surface area contributed by atoms with Gasteiger partial charge >= 0.3 is 0 Å². The Morgan fingerprint density at radius 1 is 0.941 bits per heavy atom. The number of aryl methyl sites for hydroxylation is 2. The first-order valence-electron chi connectivity index (χ1n) is 11.2. The lowest BCUT2D eigenvalue weighted by molar-refractivity contribution is 0.0628. The van der Waals surface area contributed by atoms with Crippen molar-refractivity contribution in [1.82, 2.24) is 9.80 Å². The van der Waals surface area contributed by atoms with Crippen molar-refractivity contribution in [3.05, 3.63) is 94.0 Å². The highest BCUT2D eigenvalue weighted by Gasteiger charge is 2.25. The maximum Gasteiger partial charge on any atom is 0.263 e. The average Bonchev–Trinajstić information content (AvgIpc) is 2.82. The summed E-state index contributed by atoms with van der Waals surface area (Å²) in [5.74, 6) is -0.195. The van der Waals surface area contributed by atoms with E-state index in [4.69, 9.17) is 11.6 Å². The van der Waals surface area contributed by atoms with Crippen molar-refractivity contribution in [1.29, 1.82) is 0 Å². The highest BCUT2D eigenvalue weighted by atomic mass is 35.5. The number of nitrogens with one attached hydrogen (secondary N) is 1. The van der Waals surface area contributed by atoms with Crippen LogP contribution in [-0.2, 0) is 16.6 Å². The zero-order chi connectivity index (χ0) is 24.3.